The lowest BCUT2D eigenvalue weighted by atomic mass is 10.3. The van der Waals surface area contributed by atoms with E-state index in [1.165, 1.54) is 21.8 Å². The standard InChI is InChI=1S/C10H13N3O3.C4H5F3O/c1-12(2)9(14)4-6-13-5-3-8(7-11-13)10(15)16;1-3(8-2)4(5,6)7/h3,5,7H,4,6H2,1-2H3;1H2,2H3/p+1. The van der Waals surface area contributed by atoms with Crippen LogP contribution in [-0.2, 0) is 16.1 Å². The van der Waals surface area contributed by atoms with Crippen molar-refractivity contribution >= 4 is 11.9 Å². The summed E-state index contributed by atoms with van der Waals surface area (Å²) < 4.78 is 39.0. The number of carboxylic acids is 1. The van der Waals surface area contributed by atoms with E-state index in [0.29, 0.717) is 13.0 Å². The first-order valence-corrected chi connectivity index (χ1v) is 6.58. The Balaban J connectivity index is 0.000000561. The van der Waals surface area contributed by atoms with Crippen LogP contribution < -0.4 is 4.68 Å². The molecule has 1 heterocycles. The second-order valence-electron chi connectivity index (χ2n) is 4.65. The monoisotopic (exact) mass is 350 g/mol. The zero-order chi connectivity index (χ0) is 18.9. The molecule has 0 aliphatic heterocycles. The van der Waals surface area contributed by atoms with E-state index in [4.69, 9.17) is 5.11 Å². The number of carbonyl (C=O) groups is 2. The number of nitrogens with zero attached hydrogens (tertiary/aromatic N) is 3. The highest BCUT2D eigenvalue weighted by Gasteiger charge is 2.33. The van der Waals surface area contributed by atoms with Gasteiger partial charge in [-0.25, -0.2) is 4.79 Å². The molecule has 0 radical (unpaired) electrons. The predicted octanol–water partition coefficient (Wildman–Crippen LogP) is 1.25. The summed E-state index contributed by atoms with van der Waals surface area (Å²) in [6, 6.07) is 1.45. The number of carbonyl (C=O) groups excluding carboxylic acids is 1. The largest absolute Gasteiger partial charge is 0.493 e. The summed E-state index contributed by atoms with van der Waals surface area (Å²) in [7, 11) is 4.30. The van der Waals surface area contributed by atoms with Crippen molar-refractivity contribution in [2.75, 3.05) is 21.2 Å². The van der Waals surface area contributed by atoms with E-state index in [2.05, 4.69) is 16.4 Å². The molecule has 1 aromatic rings. The van der Waals surface area contributed by atoms with Crippen LogP contribution >= 0.6 is 0 Å². The smallest absolute Gasteiger partial charge is 0.448 e. The Bertz CT molecular complexity index is 572. The molecule has 1 rings (SSSR count). The van der Waals surface area contributed by atoms with E-state index >= 15 is 0 Å². The first-order valence-electron chi connectivity index (χ1n) is 6.58. The van der Waals surface area contributed by atoms with Crippen molar-refractivity contribution in [3.8, 4) is 0 Å². The molecule has 134 valence electrons. The van der Waals surface area contributed by atoms with Gasteiger partial charge in [0, 0.05) is 20.2 Å². The van der Waals surface area contributed by atoms with Crippen LogP contribution in [0.5, 0.6) is 0 Å². The summed E-state index contributed by atoms with van der Waals surface area (Å²) in [5.41, 5.74) is 0.134. The van der Waals surface area contributed by atoms with Crippen molar-refractivity contribution in [1.29, 1.82) is 0 Å². The van der Waals surface area contributed by atoms with Gasteiger partial charge >= 0.3 is 12.1 Å². The van der Waals surface area contributed by atoms with E-state index < -0.39 is 17.9 Å². The van der Waals surface area contributed by atoms with E-state index in [1.807, 2.05) is 0 Å². The van der Waals surface area contributed by atoms with Gasteiger partial charge in [-0.05, 0) is 5.10 Å². The Hall–Kier alpha value is -2.65. The number of halogens is 3. The number of allylic oxidation sites excluding steroid dienone is 1. The zero-order valence-corrected chi connectivity index (χ0v) is 13.5. The van der Waals surface area contributed by atoms with Crippen LogP contribution in [0.3, 0.4) is 0 Å². The van der Waals surface area contributed by atoms with Gasteiger partial charge in [-0.3, -0.25) is 4.79 Å². The number of hydrogen-bond acceptors (Lipinski definition) is 4. The molecule has 0 saturated heterocycles. The van der Waals surface area contributed by atoms with Gasteiger partial charge in [-0.1, -0.05) is 11.3 Å². The van der Waals surface area contributed by atoms with Crippen LogP contribution in [-0.4, -0.2) is 54.4 Å². The van der Waals surface area contributed by atoms with E-state index in [0.717, 1.165) is 7.11 Å². The Morgan fingerprint density at radius 1 is 1.42 bits per heavy atom. The van der Waals surface area contributed by atoms with Crippen LogP contribution in [0.2, 0.25) is 0 Å². The molecule has 7 nitrogen and oxygen atoms in total. The predicted molar refractivity (Wildman–Crippen MR) is 76.9 cm³/mol. The number of amides is 1. The van der Waals surface area contributed by atoms with E-state index in [-0.39, 0.29) is 11.5 Å². The summed E-state index contributed by atoms with van der Waals surface area (Å²) in [5.74, 6) is -2.17. The Labute approximate surface area is 137 Å². The molecule has 0 aliphatic carbocycles. The van der Waals surface area contributed by atoms with Crippen LogP contribution in [0.15, 0.2) is 30.8 Å². The van der Waals surface area contributed by atoms with Crippen LogP contribution in [0, 0.1) is 0 Å². The zero-order valence-electron chi connectivity index (χ0n) is 13.5. The van der Waals surface area contributed by atoms with Gasteiger partial charge in [-0.2, -0.15) is 13.2 Å². The fraction of sp³-hybridized carbons (Fsp3) is 0.429. The summed E-state index contributed by atoms with van der Waals surface area (Å²) in [6.07, 6.45) is -1.25. The van der Waals surface area contributed by atoms with Crippen LogP contribution in [0.1, 0.15) is 16.8 Å². The summed E-state index contributed by atoms with van der Waals surface area (Å²) in [6.45, 7) is 3.04. The van der Waals surface area contributed by atoms with Gasteiger partial charge in [0.05, 0.1) is 19.1 Å². The molecular weight excluding hydrogens is 331 g/mol. The average Bonchev–Trinajstić information content (AvgIpc) is 2.51. The number of aromatic carboxylic acids is 1. The number of rotatable bonds is 5. The molecule has 0 atom stereocenters. The summed E-state index contributed by atoms with van der Waals surface area (Å²) in [5, 5.41) is 12.6. The second kappa shape index (κ2) is 9.48. The molecule has 0 saturated carbocycles. The maximum Gasteiger partial charge on any atom is 0.448 e. The van der Waals surface area contributed by atoms with Crippen molar-refractivity contribution in [2.45, 2.75) is 19.1 Å². The SMILES string of the molecule is C=C(OC)C(F)(F)F.CN(C)C(=O)CC[n+]1ccc(C(=O)O)cn1. The summed E-state index contributed by atoms with van der Waals surface area (Å²) >= 11 is 0. The fourth-order valence-electron chi connectivity index (χ4n) is 1.19. The number of carboxylic acid groups (broad SMARTS) is 1. The number of ether oxygens (including phenoxy) is 1. The van der Waals surface area contributed by atoms with Crippen molar-refractivity contribution in [2.24, 2.45) is 0 Å². The van der Waals surface area contributed by atoms with Gasteiger partial charge < -0.3 is 14.7 Å². The molecule has 0 unspecified atom stereocenters. The molecule has 0 aliphatic rings. The number of hydrogen-bond donors (Lipinski definition) is 1. The van der Waals surface area contributed by atoms with Crippen LogP contribution in [0.4, 0.5) is 13.2 Å². The minimum atomic E-state index is -4.41. The normalized spacial score (nSPS) is 10.2. The van der Waals surface area contributed by atoms with Gasteiger partial charge in [0.1, 0.15) is 6.20 Å². The molecular formula is C14H19F3N3O4+. The second-order valence-corrected chi connectivity index (χ2v) is 4.65. The number of alkyl halides is 3. The van der Waals surface area contributed by atoms with Gasteiger partial charge in [0.2, 0.25) is 5.91 Å². The highest BCUT2D eigenvalue weighted by Crippen LogP contribution is 2.23. The third kappa shape index (κ3) is 8.11. The van der Waals surface area contributed by atoms with Crippen molar-refractivity contribution < 1.29 is 37.3 Å². The molecule has 0 bridgehead atoms. The van der Waals surface area contributed by atoms with Crippen LogP contribution in [0.25, 0.3) is 0 Å². The maximum absolute atomic E-state index is 11.3. The lowest BCUT2D eigenvalue weighted by Gasteiger charge is -2.07. The van der Waals surface area contributed by atoms with Crippen molar-refractivity contribution in [3.63, 3.8) is 0 Å². The van der Waals surface area contributed by atoms with E-state index in [9.17, 15) is 22.8 Å². The number of aryl methyl sites for hydroxylation is 1. The maximum atomic E-state index is 11.3. The Morgan fingerprint density at radius 2 is 2.00 bits per heavy atom. The highest BCUT2D eigenvalue weighted by atomic mass is 19.4. The Morgan fingerprint density at radius 3 is 2.29 bits per heavy atom. The highest BCUT2D eigenvalue weighted by molar-refractivity contribution is 5.86. The molecule has 1 amide bonds. The number of aromatic nitrogens is 2. The molecule has 10 heteroatoms. The van der Waals surface area contributed by atoms with Gasteiger partial charge in [-0.15, -0.1) is 0 Å². The lowest BCUT2D eigenvalue weighted by Crippen LogP contribution is -2.40. The first kappa shape index (κ1) is 21.4. The minimum absolute atomic E-state index is 0.0108. The van der Waals surface area contributed by atoms with Crippen molar-refractivity contribution in [3.05, 3.63) is 36.4 Å². The molecule has 0 spiro atoms. The molecule has 0 fully saturated rings. The molecule has 1 N–H and O–H groups in total. The third-order valence-corrected chi connectivity index (χ3v) is 2.63. The molecule has 24 heavy (non-hydrogen) atoms. The minimum Gasteiger partial charge on any atom is -0.493 e. The average molecular weight is 350 g/mol. The first-order chi connectivity index (χ1) is 11.0. The summed E-state index contributed by atoms with van der Waals surface area (Å²) in [4.78, 5) is 23.3. The lowest BCUT2D eigenvalue weighted by molar-refractivity contribution is -0.753. The number of methoxy groups -OCH3 is 1. The van der Waals surface area contributed by atoms with Gasteiger partial charge in [0.25, 0.3) is 0 Å². The molecule has 0 aromatic carbocycles. The van der Waals surface area contributed by atoms with Gasteiger partial charge in [0.15, 0.2) is 18.5 Å². The fourth-order valence-corrected chi connectivity index (χ4v) is 1.19. The van der Waals surface area contributed by atoms with E-state index in [1.54, 1.807) is 20.3 Å². The Kier molecular flexibility index (Phi) is 8.43. The molecule has 1 aromatic heterocycles. The third-order valence-electron chi connectivity index (χ3n) is 2.63. The topological polar surface area (TPSA) is 83.6 Å². The quantitative estimate of drug-likeness (QED) is 0.638. The van der Waals surface area contributed by atoms with Crippen molar-refractivity contribution in [1.82, 2.24) is 10.00 Å².